The van der Waals surface area contributed by atoms with Crippen LogP contribution in [0.25, 0.3) is 22.6 Å². The molecule has 2 aliphatic heterocycles. The normalized spacial score (nSPS) is 24.0. The largest absolute Gasteiger partial charge is 0.507 e. The van der Waals surface area contributed by atoms with E-state index < -0.39 is 6.17 Å². The lowest BCUT2D eigenvalue weighted by Crippen LogP contribution is -2.55. The average molecular weight is 452 g/mol. The summed E-state index contributed by atoms with van der Waals surface area (Å²) >= 11 is 0. The molecule has 2 saturated heterocycles. The summed E-state index contributed by atoms with van der Waals surface area (Å²) in [5.74, 6) is 1.40. The van der Waals surface area contributed by atoms with E-state index in [4.69, 9.17) is 4.74 Å². The molecule has 9 nitrogen and oxygen atoms in total. The number of hydrogen-bond acceptors (Lipinski definition) is 9. The van der Waals surface area contributed by atoms with Gasteiger partial charge in [-0.05, 0) is 38.3 Å². The molecule has 5 rings (SSSR count). The molecule has 4 atom stereocenters. The Hall–Kier alpha value is -3.40. The molecule has 0 spiro atoms. The second-order valence-corrected chi connectivity index (χ2v) is 8.66. The molecule has 1 aromatic carbocycles. The number of fused-ring (bicyclic) bond motifs is 2. The first-order chi connectivity index (χ1) is 15.9. The second-order valence-electron chi connectivity index (χ2n) is 8.66. The number of benzene rings is 1. The highest BCUT2D eigenvalue weighted by molar-refractivity contribution is 5.71. The summed E-state index contributed by atoms with van der Waals surface area (Å²) in [6.45, 7) is 1.81. The van der Waals surface area contributed by atoms with Crippen molar-refractivity contribution >= 4 is 5.82 Å². The highest BCUT2D eigenvalue weighted by Gasteiger charge is 2.43. The summed E-state index contributed by atoms with van der Waals surface area (Å²) in [7, 11) is 3.40. The lowest BCUT2D eigenvalue weighted by Gasteiger charge is -2.38. The summed E-state index contributed by atoms with van der Waals surface area (Å²) in [6.07, 6.45) is 3.22. The first-order valence-electron chi connectivity index (χ1n) is 11.0. The molecule has 0 aliphatic carbocycles. The Kier molecular flexibility index (Phi) is 5.53. The van der Waals surface area contributed by atoms with Gasteiger partial charge in [-0.15, -0.1) is 15.3 Å². The van der Waals surface area contributed by atoms with E-state index in [1.54, 1.807) is 37.6 Å². The van der Waals surface area contributed by atoms with E-state index in [0.29, 0.717) is 40.1 Å². The topological polar surface area (TPSA) is 109 Å². The Morgan fingerprint density at radius 2 is 2.00 bits per heavy atom. The van der Waals surface area contributed by atoms with E-state index in [9.17, 15) is 9.50 Å². The fourth-order valence-corrected chi connectivity index (χ4v) is 4.74. The van der Waals surface area contributed by atoms with Gasteiger partial charge in [-0.3, -0.25) is 0 Å². The summed E-state index contributed by atoms with van der Waals surface area (Å²) in [6, 6.07) is 6.86. The standard InChI is InChI=1S/C23H26FN7O2/c1-12-20(33-3)10-17(28-27-12)13-4-6-15(19(32)8-13)23-25-11-21(29-30-23)31(2)18-9-14-5-7-16(26-14)22(18)24/h4,6,8,10-11,14,16,18,22,26,32H,5,7,9H2,1-3H3/t14-,16+,18+,22-/m1/s1. The number of nitrogens with one attached hydrogen (secondary N) is 1. The van der Waals surface area contributed by atoms with Gasteiger partial charge in [-0.1, -0.05) is 6.07 Å². The maximum Gasteiger partial charge on any atom is 0.185 e. The molecule has 0 unspecified atom stereocenters. The van der Waals surface area contributed by atoms with E-state index in [1.165, 1.54) is 0 Å². The molecule has 2 aliphatic rings. The number of halogens is 1. The quantitative estimate of drug-likeness (QED) is 0.605. The van der Waals surface area contributed by atoms with Gasteiger partial charge in [0, 0.05) is 30.8 Å². The number of phenols is 1. The van der Waals surface area contributed by atoms with Crippen molar-refractivity contribution in [3.8, 4) is 34.1 Å². The van der Waals surface area contributed by atoms with Crippen LogP contribution in [0.2, 0.25) is 0 Å². The van der Waals surface area contributed by atoms with Gasteiger partial charge in [0.15, 0.2) is 11.6 Å². The van der Waals surface area contributed by atoms with Gasteiger partial charge in [0.05, 0.1) is 30.6 Å². The molecule has 2 fully saturated rings. The highest BCUT2D eigenvalue weighted by atomic mass is 19.1. The van der Waals surface area contributed by atoms with Gasteiger partial charge >= 0.3 is 0 Å². The van der Waals surface area contributed by atoms with Crippen LogP contribution in [0.4, 0.5) is 10.2 Å². The number of aromatic hydroxyl groups is 1. The predicted molar refractivity (Wildman–Crippen MR) is 121 cm³/mol. The summed E-state index contributed by atoms with van der Waals surface area (Å²) in [5.41, 5.74) is 2.38. The van der Waals surface area contributed by atoms with Crippen LogP contribution in [0.15, 0.2) is 30.5 Å². The molecule has 2 bridgehead atoms. The fraction of sp³-hybridized carbons (Fsp3) is 0.435. The highest BCUT2D eigenvalue weighted by Crippen LogP contribution is 2.34. The first-order valence-corrected chi connectivity index (χ1v) is 11.0. The lowest BCUT2D eigenvalue weighted by atomic mass is 9.96. The molecule has 0 radical (unpaired) electrons. The zero-order valence-corrected chi connectivity index (χ0v) is 18.7. The van der Waals surface area contributed by atoms with Crippen molar-refractivity contribution in [3.63, 3.8) is 0 Å². The number of ether oxygens (including phenoxy) is 1. The molecule has 33 heavy (non-hydrogen) atoms. The number of hydrogen-bond donors (Lipinski definition) is 2. The Labute approximate surface area is 191 Å². The van der Waals surface area contributed by atoms with E-state index in [2.05, 4.69) is 30.7 Å². The molecule has 172 valence electrons. The molecule has 2 N–H and O–H groups in total. The third kappa shape index (κ3) is 3.95. The Morgan fingerprint density at radius 1 is 1.15 bits per heavy atom. The molecule has 4 heterocycles. The van der Waals surface area contributed by atoms with Gasteiger partial charge in [-0.2, -0.15) is 5.10 Å². The van der Waals surface area contributed by atoms with Crippen molar-refractivity contribution in [3.05, 3.63) is 36.2 Å². The maximum atomic E-state index is 14.9. The Balaban J connectivity index is 1.36. The number of rotatable bonds is 5. The van der Waals surface area contributed by atoms with Gasteiger partial charge in [0.2, 0.25) is 0 Å². The third-order valence-electron chi connectivity index (χ3n) is 6.65. The molecular formula is C23H26FN7O2. The van der Waals surface area contributed by atoms with Crippen molar-refractivity contribution in [1.29, 1.82) is 0 Å². The zero-order chi connectivity index (χ0) is 23.1. The Morgan fingerprint density at radius 3 is 2.73 bits per heavy atom. The summed E-state index contributed by atoms with van der Waals surface area (Å²) in [5, 5.41) is 30.7. The van der Waals surface area contributed by atoms with Crippen LogP contribution in [-0.2, 0) is 0 Å². The van der Waals surface area contributed by atoms with Crippen LogP contribution in [0.1, 0.15) is 25.0 Å². The third-order valence-corrected chi connectivity index (χ3v) is 6.65. The van der Waals surface area contributed by atoms with Crippen molar-refractivity contribution in [2.75, 3.05) is 19.1 Å². The monoisotopic (exact) mass is 451 g/mol. The summed E-state index contributed by atoms with van der Waals surface area (Å²) in [4.78, 5) is 6.21. The second kappa shape index (κ2) is 8.51. The molecule has 2 aromatic heterocycles. The predicted octanol–water partition coefficient (Wildman–Crippen LogP) is 2.69. The smallest absolute Gasteiger partial charge is 0.185 e. The molecule has 0 saturated carbocycles. The lowest BCUT2D eigenvalue weighted by molar-refractivity contribution is 0.176. The minimum atomic E-state index is -0.963. The van der Waals surface area contributed by atoms with Crippen LogP contribution >= 0.6 is 0 Å². The average Bonchev–Trinajstić information content (AvgIpc) is 3.25. The van der Waals surface area contributed by atoms with Gasteiger partial charge in [0.1, 0.15) is 23.4 Å². The molecule has 0 amide bonds. The molecule has 3 aromatic rings. The number of anilines is 1. The van der Waals surface area contributed by atoms with E-state index >= 15 is 0 Å². The fourth-order valence-electron chi connectivity index (χ4n) is 4.74. The molecule has 10 heteroatoms. The van der Waals surface area contributed by atoms with Crippen molar-refractivity contribution in [2.45, 2.75) is 50.5 Å². The van der Waals surface area contributed by atoms with Crippen molar-refractivity contribution in [1.82, 2.24) is 30.7 Å². The van der Waals surface area contributed by atoms with Gasteiger partial charge in [-0.25, -0.2) is 9.37 Å². The van der Waals surface area contributed by atoms with E-state index in [-0.39, 0.29) is 23.7 Å². The van der Waals surface area contributed by atoms with Crippen LogP contribution in [-0.4, -0.2) is 68.9 Å². The van der Waals surface area contributed by atoms with Crippen LogP contribution in [0, 0.1) is 6.92 Å². The number of phenolic OH excluding ortho intramolecular Hbond substituents is 1. The van der Waals surface area contributed by atoms with Crippen molar-refractivity contribution in [2.24, 2.45) is 0 Å². The minimum absolute atomic E-state index is 0.00417. The van der Waals surface area contributed by atoms with Gasteiger partial charge < -0.3 is 20.1 Å². The first kappa shape index (κ1) is 21.4. The van der Waals surface area contributed by atoms with Crippen LogP contribution < -0.4 is 15.0 Å². The van der Waals surface area contributed by atoms with E-state index in [0.717, 1.165) is 19.3 Å². The van der Waals surface area contributed by atoms with Crippen molar-refractivity contribution < 1.29 is 14.2 Å². The number of piperidine rings is 1. The minimum Gasteiger partial charge on any atom is -0.507 e. The number of alkyl halides is 1. The molecular weight excluding hydrogens is 425 g/mol. The number of methoxy groups -OCH3 is 1. The Bertz CT molecular complexity index is 1160. The van der Waals surface area contributed by atoms with Crippen LogP contribution in [0.5, 0.6) is 11.5 Å². The zero-order valence-electron chi connectivity index (χ0n) is 18.7. The number of nitrogens with zero attached hydrogens (tertiary/aromatic N) is 6. The summed E-state index contributed by atoms with van der Waals surface area (Å²) < 4.78 is 20.2. The van der Waals surface area contributed by atoms with Crippen LogP contribution in [0.3, 0.4) is 0 Å². The maximum absolute atomic E-state index is 14.9. The number of aromatic nitrogens is 5. The van der Waals surface area contributed by atoms with E-state index in [1.807, 2.05) is 18.9 Å². The number of aryl methyl sites for hydroxylation is 1. The van der Waals surface area contributed by atoms with Gasteiger partial charge in [0.25, 0.3) is 0 Å². The SMILES string of the molecule is COc1cc(-c2ccc(-c3ncc(N(C)[C@H]4C[C@H]5CC[C@H](N5)[C@H]4F)nn3)c(O)c2)nnc1C.